The van der Waals surface area contributed by atoms with Crippen molar-refractivity contribution in [3.63, 3.8) is 0 Å². The van der Waals surface area contributed by atoms with Gasteiger partial charge in [0.05, 0.1) is 37.6 Å². The second kappa shape index (κ2) is 114. The molecule has 142 heavy (non-hydrogen) atoms. The molecule has 0 spiro atoms. The molecular formula is C115H251F10N11O6. The molecule has 8 heterocycles. The number of hydrogen-bond donors (Lipinski definition) is 6. The molecule has 0 aromatic carbocycles. The first-order chi connectivity index (χ1) is 66.4. The van der Waals surface area contributed by atoms with Gasteiger partial charge in [-0.3, -0.25) is 0 Å². The Morgan fingerprint density at radius 3 is 0.620 bits per heavy atom. The Balaban J connectivity index is -0.000000161. The van der Waals surface area contributed by atoms with E-state index in [1.165, 1.54) is 181 Å². The summed E-state index contributed by atoms with van der Waals surface area (Å²) in [4.78, 5) is 22.5. The fraction of sp³-hybridized carbons (Fsp3) is 1.00. The van der Waals surface area contributed by atoms with Crippen LogP contribution in [0.4, 0.5) is 43.9 Å². The van der Waals surface area contributed by atoms with Crippen molar-refractivity contribution < 1.29 is 74.5 Å². The Kier molecular flexibility index (Phi) is 129. The molecule has 27 heteroatoms. The fourth-order valence-electron chi connectivity index (χ4n) is 14.3. The molecule has 6 N–H and O–H groups in total. The van der Waals surface area contributed by atoms with Gasteiger partial charge in [0, 0.05) is 78.5 Å². The van der Waals surface area contributed by atoms with Gasteiger partial charge in [0.1, 0.15) is 61.7 Å². The van der Waals surface area contributed by atoms with E-state index in [4.69, 9.17) is 30.6 Å². The van der Waals surface area contributed by atoms with E-state index in [0.717, 1.165) is 127 Å². The molecule has 17 nitrogen and oxygen atoms in total. The minimum Gasteiger partial charge on any atom is -0.394 e. The van der Waals surface area contributed by atoms with E-state index < -0.39 is 86.1 Å². The quantitative estimate of drug-likeness (QED) is 0.109. The van der Waals surface area contributed by atoms with Crippen LogP contribution in [0.3, 0.4) is 0 Å². The fourth-order valence-corrected chi connectivity index (χ4v) is 14.3. The summed E-state index contributed by atoms with van der Waals surface area (Å²) >= 11 is 0. The van der Waals surface area contributed by atoms with Gasteiger partial charge in [-0.1, -0.05) is 261 Å². The Hall–Kier alpha value is -1.38. The van der Waals surface area contributed by atoms with Crippen LogP contribution in [0.2, 0.25) is 0 Å². The second-order valence-corrected chi connectivity index (χ2v) is 45.2. The van der Waals surface area contributed by atoms with Crippen LogP contribution in [0, 0.1) is 47.3 Å². The van der Waals surface area contributed by atoms with Gasteiger partial charge in [-0.25, -0.2) is 43.9 Å². The third kappa shape index (κ3) is 139. The maximum atomic E-state index is 12.3. The number of aliphatic hydroxyl groups is 6. The number of rotatable bonds is 11. The zero-order valence-electron chi connectivity index (χ0n) is 101. The predicted molar refractivity (Wildman–Crippen MR) is 603 cm³/mol. The summed E-state index contributed by atoms with van der Waals surface area (Å²) in [6, 6.07) is 0. The van der Waals surface area contributed by atoms with Gasteiger partial charge >= 0.3 is 0 Å². The lowest BCUT2D eigenvalue weighted by Crippen LogP contribution is -2.45. The molecule has 8 saturated heterocycles. The molecule has 8 aliphatic heterocycles. The minimum absolute atomic E-state index is 0.103. The van der Waals surface area contributed by atoms with Gasteiger partial charge in [0.2, 0.25) is 0 Å². The molecule has 872 valence electrons. The zero-order valence-corrected chi connectivity index (χ0v) is 101. The summed E-state index contributed by atoms with van der Waals surface area (Å²) in [5, 5.41) is 50.3. The first-order valence-corrected chi connectivity index (χ1v) is 57.1. The summed E-state index contributed by atoms with van der Waals surface area (Å²) in [6.45, 7) is 61.8. The van der Waals surface area contributed by atoms with Crippen LogP contribution in [0.5, 0.6) is 0 Å². The molecule has 0 aromatic heterocycles. The smallest absolute Gasteiger partial charge is 0.140 e. The van der Waals surface area contributed by atoms with Gasteiger partial charge < -0.3 is 84.5 Å². The van der Waals surface area contributed by atoms with Crippen LogP contribution in [0.1, 0.15) is 383 Å². The number of halogens is 10. The number of alkyl halides is 10. The molecule has 0 bridgehead atoms. The van der Waals surface area contributed by atoms with Gasteiger partial charge in [0.25, 0.3) is 0 Å². The van der Waals surface area contributed by atoms with Crippen molar-refractivity contribution in [2.24, 2.45) is 47.3 Å². The number of piperidine rings is 1. The average molecular weight is 2070 g/mol. The van der Waals surface area contributed by atoms with E-state index >= 15 is 0 Å². The van der Waals surface area contributed by atoms with Crippen molar-refractivity contribution in [1.82, 2.24) is 53.9 Å². The standard InChI is InChI=1S/C7H14.2C6H11F.C6H13N.C6H12.2C5H10FNO.2C5H10FN.2C5H9F.C5H11N.C5H13N.C5H12O2.2C5H12.2C4H8FN.C4H11N.2C4H10.C3H9N.C3H8O2.C3H8/c1-7-5-3-2-4-6-7;2*1-5-2-3-6(7)4-5;1-7-5-3-2-4-6-7;1-6-4-2-3-5-6;2*1-7-2-4(6)5(8)3-7;2*1-7-3-2-5(6)4-7;2*1-4-2-5(6)3-4;1-6-4-2-3-5-6;1-4-5-6(2)3;1-2-3-5(7)4-6;1-4-5(2)3;1-3-5-4-2;2*1-6-2-4(5)3-6;1-4-5(2)3;1-4(2)3;1-3-4-2;1-4(2)3;1-3(5)2-4;1-3-2/h7H,2-6H2,1H3;2*5-6H,2-4H2,1H3;2-6H2,1H3;6H,2-5H2,1H3;2*4-5,8H,2-3H2,1H3;2*5H,2-4H2,1H3;2*4-5H,2-3H2,1H3;2-5H2,1H3;4-5H2,1-3H3;5-7H,2-4H2,1H3;5H,4H2,1-3H3;3-5H2,1-2H3;2*4H,2-3H2,1H3;4H2,1-3H3;4H,1-3H3;3-4H2,1-2H3;1-3H3;3-5H,2H2,1H3;3H2,1-2H3/t;5-,6?;5-,6-;;;4-,5-;;5-;;;;;;;;;;;;;;;3-;/m.11..0.1..............0./s1. The summed E-state index contributed by atoms with van der Waals surface area (Å²) in [5.41, 5.74) is 0. The summed E-state index contributed by atoms with van der Waals surface area (Å²) in [7, 11) is 30.0. The molecule has 14 fully saturated rings. The van der Waals surface area contributed by atoms with Crippen LogP contribution in [-0.2, 0) is 0 Å². The van der Waals surface area contributed by atoms with E-state index in [1.807, 2.05) is 80.8 Å². The summed E-state index contributed by atoms with van der Waals surface area (Å²) in [6.07, 6.45) is 34.1. The maximum Gasteiger partial charge on any atom is 0.140 e. The Bertz CT molecular complexity index is 2010. The minimum atomic E-state index is -1.03. The monoisotopic (exact) mass is 2070 g/mol. The molecule has 12 atom stereocenters. The Labute approximate surface area is 877 Å². The van der Waals surface area contributed by atoms with Gasteiger partial charge in [-0.15, -0.1) is 0 Å². The second-order valence-electron chi connectivity index (χ2n) is 45.2. The van der Waals surface area contributed by atoms with Crippen molar-refractivity contribution in [2.45, 2.75) is 470 Å². The highest BCUT2D eigenvalue weighted by Gasteiger charge is 2.30. The molecule has 5 unspecified atom stereocenters. The Morgan fingerprint density at radius 1 is 0.296 bits per heavy atom. The van der Waals surface area contributed by atoms with Crippen LogP contribution in [-0.4, -0.2) is 407 Å². The molecule has 14 aliphatic rings. The lowest BCUT2D eigenvalue weighted by atomic mass is 9.85. The van der Waals surface area contributed by atoms with Gasteiger partial charge in [-0.2, -0.15) is 0 Å². The number of unbranched alkanes of at least 4 members (excludes halogenated alkanes) is 3. The van der Waals surface area contributed by atoms with Crippen LogP contribution < -0.4 is 0 Å². The SMILES string of the molecule is CC(C)C.CC1CC(F)C1.CC1CC(F)C1.CC1CCCC1.CC1CCCCC1.CCC.CCC(C)C.CCCC.CCCC(O)CO.CCCCC.CCCN(C)C.CCN(C)C.CN(C)C.CN1CC(F)C1.CN1CC(F)C1.CN1CC(O)C(F)C1.CN1CCC(F)C1.CN1CCCC1.CN1CCCCC1.CN1CC[C@@H](F)C1.CN1C[C@H](O)[C@@H](F)C1.C[C@@H]1CCC(F)C1.C[C@@H]1CC[C@@H](F)C1.C[C@H](O)CO. The summed E-state index contributed by atoms with van der Waals surface area (Å²) in [5.74, 6) is 6.43. The number of hydrogen-bond acceptors (Lipinski definition) is 17. The van der Waals surface area contributed by atoms with E-state index in [1.54, 1.807) is 23.9 Å². The number of likely N-dealkylation sites (tertiary alicyclic amines) is 8. The van der Waals surface area contributed by atoms with E-state index in [9.17, 15) is 43.9 Å². The topological polar surface area (TPSA) is 157 Å². The highest BCUT2D eigenvalue weighted by Crippen LogP contribution is 2.31. The number of nitrogens with zero attached hydrogens (tertiary/aromatic N) is 11. The first-order valence-electron chi connectivity index (χ1n) is 57.1. The predicted octanol–water partition coefficient (Wildman–Crippen LogP) is 25.9. The number of likely N-dealkylation sites (N-methyl/N-ethyl adjacent to an activating group) is 2. The molecule has 0 aromatic rings. The van der Waals surface area contributed by atoms with Crippen molar-refractivity contribution in [2.75, 3.05) is 237 Å². The average Bonchev–Trinajstić information content (AvgIpc) is 1.16. The zero-order chi connectivity index (χ0) is 112. The van der Waals surface area contributed by atoms with Crippen LogP contribution in [0.15, 0.2) is 0 Å². The van der Waals surface area contributed by atoms with Gasteiger partial charge in [-0.05, 0) is 315 Å². The lowest BCUT2D eigenvalue weighted by Gasteiger charge is -2.29. The normalized spacial score (nSPS) is 26.3. The molecule has 6 aliphatic carbocycles. The van der Waals surface area contributed by atoms with E-state index in [-0.39, 0.29) is 13.2 Å². The maximum absolute atomic E-state index is 12.3. The van der Waals surface area contributed by atoms with Crippen molar-refractivity contribution >= 4 is 0 Å². The van der Waals surface area contributed by atoms with Crippen LogP contribution in [0.25, 0.3) is 0 Å². The number of aliphatic hydroxyl groups excluding tert-OH is 6. The highest BCUT2D eigenvalue weighted by molar-refractivity contribution is 4.83. The van der Waals surface area contributed by atoms with Crippen LogP contribution >= 0.6 is 0 Å². The lowest BCUT2D eigenvalue weighted by molar-refractivity contribution is 0.0877. The van der Waals surface area contributed by atoms with Crippen molar-refractivity contribution in [1.29, 1.82) is 0 Å². The molecule has 6 saturated carbocycles. The third-order valence-electron chi connectivity index (χ3n) is 24.3. The molecule has 0 amide bonds. The van der Waals surface area contributed by atoms with Crippen molar-refractivity contribution in [3.8, 4) is 0 Å². The van der Waals surface area contributed by atoms with Gasteiger partial charge in [0.15, 0.2) is 0 Å². The van der Waals surface area contributed by atoms with E-state index in [2.05, 4.69) is 200 Å². The van der Waals surface area contributed by atoms with Crippen molar-refractivity contribution in [3.05, 3.63) is 0 Å². The molecule has 14 rings (SSSR count). The highest BCUT2D eigenvalue weighted by atomic mass is 19.2. The van der Waals surface area contributed by atoms with E-state index in [0.29, 0.717) is 95.5 Å². The third-order valence-corrected chi connectivity index (χ3v) is 24.3. The first kappa shape index (κ1) is 161. The molecular weight excluding hydrogens is 1820 g/mol. The summed E-state index contributed by atoms with van der Waals surface area (Å²) < 4.78 is 120. The largest absolute Gasteiger partial charge is 0.394 e. The Morgan fingerprint density at radius 2 is 0.563 bits per heavy atom. The number of β-amino-alcohol motifs (C(OH)–C–C–N with tert-alkyl or cyclic N) is 2. The molecule has 0 radical (unpaired) electrons.